The quantitative estimate of drug-likeness (QED) is 0.887. The third-order valence-electron chi connectivity index (χ3n) is 3.47. The molecule has 2 N–H and O–H groups in total. The second kappa shape index (κ2) is 6.94. The maximum Gasteiger partial charge on any atom is 0.319 e. The number of nitriles is 1. The molecule has 0 saturated heterocycles. The van der Waals surface area contributed by atoms with Gasteiger partial charge in [-0.1, -0.05) is 6.92 Å². The fraction of sp³-hybridized carbons (Fsp3) is 0.438. The largest absolute Gasteiger partial charge is 0.334 e. The summed E-state index contributed by atoms with van der Waals surface area (Å²) in [4.78, 5) is 12.0. The van der Waals surface area contributed by atoms with Crippen molar-refractivity contribution < 1.29 is 4.79 Å². The molecular formula is C16H21N5O. The van der Waals surface area contributed by atoms with Gasteiger partial charge in [-0.25, -0.2) is 4.79 Å². The molecule has 2 rings (SSSR count). The minimum absolute atomic E-state index is 0.127. The summed E-state index contributed by atoms with van der Waals surface area (Å²) < 4.78 is 1.90. The lowest BCUT2D eigenvalue weighted by molar-refractivity contribution is 0.248. The van der Waals surface area contributed by atoms with E-state index < -0.39 is 0 Å². The Kier molecular flexibility index (Phi) is 4.99. The molecule has 0 saturated carbocycles. The second-order valence-corrected chi connectivity index (χ2v) is 5.54. The van der Waals surface area contributed by atoms with Crippen molar-refractivity contribution in [1.29, 1.82) is 5.26 Å². The van der Waals surface area contributed by atoms with Gasteiger partial charge in [0.05, 0.1) is 18.0 Å². The van der Waals surface area contributed by atoms with E-state index in [0.29, 0.717) is 18.2 Å². The van der Waals surface area contributed by atoms with E-state index in [4.69, 9.17) is 5.26 Å². The van der Waals surface area contributed by atoms with Gasteiger partial charge in [-0.05, 0) is 38.5 Å². The number of amides is 2. The predicted molar refractivity (Wildman–Crippen MR) is 86.6 cm³/mol. The van der Waals surface area contributed by atoms with Crippen LogP contribution in [-0.2, 0) is 0 Å². The molecule has 2 aromatic rings. The van der Waals surface area contributed by atoms with Crippen molar-refractivity contribution in [3.63, 3.8) is 0 Å². The van der Waals surface area contributed by atoms with Crippen LogP contribution in [0.1, 0.15) is 39.7 Å². The number of urea groups is 1. The molecular weight excluding hydrogens is 278 g/mol. The summed E-state index contributed by atoms with van der Waals surface area (Å²) in [5.41, 5.74) is 1.61. The number of hydrogen-bond acceptors (Lipinski definition) is 3. The van der Waals surface area contributed by atoms with Gasteiger partial charge < -0.3 is 10.6 Å². The number of benzene rings is 1. The first-order valence-corrected chi connectivity index (χ1v) is 7.46. The fourth-order valence-electron chi connectivity index (χ4n) is 2.15. The zero-order valence-corrected chi connectivity index (χ0v) is 13.1. The summed E-state index contributed by atoms with van der Waals surface area (Å²) in [6.45, 7) is 6.08. The van der Waals surface area contributed by atoms with Gasteiger partial charge in [0.15, 0.2) is 0 Å². The summed E-state index contributed by atoms with van der Waals surface area (Å²) in [7, 11) is 0. The Bertz CT molecular complexity index is 698. The zero-order valence-electron chi connectivity index (χ0n) is 13.1. The smallest absolute Gasteiger partial charge is 0.319 e. The van der Waals surface area contributed by atoms with Gasteiger partial charge in [0.1, 0.15) is 0 Å². The molecule has 0 unspecified atom stereocenters. The van der Waals surface area contributed by atoms with Gasteiger partial charge in [0.25, 0.3) is 0 Å². The molecule has 0 aliphatic rings. The molecule has 2 amide bonds. The highest BCUT2D eigenvalue weighted by Crippen LogP contribution is 2.19. The van der Waals surface area contributed by atoms with Gasteiger partial charge >= 0.3 is 6.03 Å². The molecule has 6 nitrogen and oxygen atoms in total. The van der Waals surface area contributed by atoms with E-state index in [1.165, 1.54) is 0 Å². The zero-order chi connectivity index (χ0) is 16.1. The van der Waals surface area contributed by atoms with Crippen molar-refractivity contribution in [3.8, 4) is 6.07 Å². The van der Waals surface area contributed by atoms with Crippen molar-refractivity contribution in [2.45, 2.75) is 45.7 Å². The van der Waals surface area contributed by atoms with E-state index >= 15 is 0 Å². The van der Waals surface area contributed by atoms with Crippen molar-refractivity contribution >= 4 is 22.6 Å². The second-order valence-electron chi connectivity index (χ2n) is 5.54. The maximum absolute atomic E-state index is 12.0. The molecule has 1 heterocycles. The lowest BCUT2D eigenvalue weighted by Gasteiger charge is -2.14. The molecule has 1 aromatic heterocycles. The molecule has 6 heteroatoms. The van der Waals surface area contributed by atoms with Gasteiger partial charge in [0.2, 0.25) is 0 Å². The highest BCUT2D eigenvalue weighted by molar-refractivity contribution is 5.92. The van der Waals surface area contributed by atoms with Crippen LogP contribution in [0.4, 0.5) is 10.5 Å². The Labute approximate surface area is 130 Å². The Hall–Kier alpha value is -2.55. The summed E-state index contributed by atoms with van der Waals surface area (Å²) in [6, 6.07) is 7.55. The van der Waals surface area contributed by atoms with Gasteiger partial charge in [-0.2, -0.15) is 10.4 Å². The summed E-state index contributed by atoms with van der Waals surface area (Å²) in [5, 5.41) is 19.8. The lowest BCUT2D eigenvalue weighted by Crippen LogP contribution is -2.37. The number of aromatic nitrogens is 2. The number of carbonyl (C=O) groups excluding carboxylic acids is 1. The average molecular weight is 299 g/mol. The standard InChI is InChI=1S/C16H21N5O/c1-4-13(7-8-17)18-16(22)19-14-5-6-15-12(9-14)10-21(20-15)11(2)3/h5-6,9-11,13H,4,7H2,1-3H3,(H2,18,19,22)/t13-/m0/s1. The predicted octanol–water partition coefficient (Wildman–Crippen LogP) is 3.43. The first-order valence-electron chi connectivity index (χ1n) is 7.46. The van der Waals surface area contributed by atoms with E-state index in [1.807, 2.05) is 36.0 Å². The number of nitrogens with zero attached hydrogens (tertiary/aromatic N) is 3. The molecule has 0 bridgehead atoms. The molecule has 1 aromatic carbocycles. The normalized spacial score (nSPS) is 12.1. The number of anilines is 1. The summed E-state index contributed by atoms with van der Waals surface area (Å²) in [5.74, 6) is 0. The first-order chi connectivity index (χ1) is 10.5. The molecule has 116 valence electrons. The van der Waals surface area contributed by atoms with E-state index in [0.717, 1.165) is 17.3 Å². The molecule has 0 radical (unpaired) electrons. The van der Waals surface area contributed by atoms with Gasteiger partial charge in [-0.3, -0.25) is 4.68 Å². The number of rotatable bonds is 5. The van der Waals surface area contributed by atoms with E-state index in [-0.39, 0.29) is 12.1 Å². The molecule has 1 atom stereocenters. The van der Waals surface area contributed by atoms with Crippen LogP contribution in [0, 0.1) is 11.3 Å². The van der Waals surface area contributed by atoms with E-state index in [1.54, 1.807) is 0 Å². The van der Waals surface area contributed by atoms with Crippen LogP contribution in [-0.4, -0.2) is 21.9 Å². The lowest BCUT2D eigenvalue weighted by atomic mass is 10.2. The monoisotopic (exact) mass is 299 g/mol. The summed E-state index contributed by atoms with van der Waals surface area (Å²) >= 11 is 0. The van der Waals surface area contributed by atoms with E-state index in [2.05, 4.69) is 35.6 Å². The number of nitrogens with one attached hydrogen (secondary N) is 2. The van der Waals surface area contributed by atoms with Crippen LogP contribution in [0.25, 0.3) is 10.9 Å². The van der Waals surface area contributed by atoms with Gasteiger partial charge in [-0.15, -0.1) is 0 Å². The van der Waals surface area contributed by atoms with Crippen LogP contribution < -0.4 is 10.6 Å². The molecule has 0 aliphatic carbocycles. The van der Waals surface area contributed by atoms with Crippen LogP contribution in [0.2, 0.25) is 0 Å². The minimum Gasteiger partial charge on any atom is -0.334 e. The van der Waals surface area contributed by atoms with Gasteiger partial charge in [0, 0.05) is 29.4 Å². The number of fused-ring (bicyclic) bond motifs is 1. The fourth-order valence-corrected chi connectivity index (χ4v) is 2.15. The van der Waals surface area contributed by atoms with Crippen molar-refractivity contribution in [2.24, 2.45) is 0 Å². The summed E-state index contributed by atoms with van der Waals surface area (Å²) in [6.07, 6.45) is 3.00. The molecule has 0 spiro atoms. The van der Waals surface area contributed by atoms with Crippen molar-refractivity contribution in [1.82, 2.24) is 15.1 Å². The molecule has 22 heavy (non-hydrogen) atoms. The Balaban J connectivity index is 2.08. The molecule has 0 fully saturated rings. The number of carbonyl (C=O) groups is 1. The average Bonchev–Trinajstić information content (AvgIpc) is 2.90. The minimum atomic E-state index is -0.294. The topological polar surface area (TPSA) is 82.7 Å². The maximum atomic E-state index is 12.0. The van der Waals surface area contributed by atoms with E-state index in [9.17, 15) is 4.79 Å². The molecule has 0 aliphatic heterocycles. The van der Waals surface area contributed by atoms with Crippen molar-refractivity contribution in [2.75, 3.05) is 5.32 Å². The Morgan fingerprint density at radius 2 is 2.23 bits per heavy atom. The number of hydrogen-bond donors (Lipinski definition) is 2. The van der Waals surface area contributed by atoms with Crippen molar-refractivity contribution in [3.05, 3.63) is 24.4 Å². The first kappa shape index (κ1) is 15.8. The van der Waals surface area contributed by atoms with Crippen LogP contribution in [0.3, 0.4) is 0 Å². The third kappa shape index (κ3) is 3.76. The highest BCUT2D eigenvalue weighted by Gasteiger charge is 2.11. The highest BCUT2D eigenvalue weighted by atomic mass is 16.2. The Morgan fingerprint density at radius 3 is 2.86 bits per heavy atom. The van der Waals surface area contributed by atoms with Crippen LogP contribution in [0.5, 0.6) is 0 Å². The van der Waals surface area contributed by atoms with Crippen LogP contribution in [0.15, 0.2) is 24.4 Å². The third-order valence-corrected chi connectivity index (χ3v) is 3.47. The SMILES string of the molecule is CC[C@@H](CC#N)NC(=O)Nc1ccc2nn(C(C)C)cc2c1. The Morgan fingerprint density at radius 1 is 1.45 bits per heavy atom. The van der Waals surface area contributed by atoms with Crippen LogP contribution >= 0.6 is 0 Å².